The minimum atomic E-state index is -4.22. The summed E-state index contributed by atoms with van der Waals surface area (Å²) < 4.78 is 32.6. The lowest BCUT2D eigenvalue weighted by Crippen LogP contribution is -2.14. The van der Waals surface area contributed by atoms with Gasteiger partial charge >= 0.3 is 0 Å². The molecule has 0 saturated heterocycles. The molecular formula is C15H12N2O4S. The molecule has 1 aromatic heterocycles. The molecule has 0 saturated carbocycles. The third-order valence-corrected chi connectivity index (χ3v) is 4.13. The first-order valence-corrected chi connectivity index (χ1v) is 7.84. The average Bonchev–Trinajstić information content (AvgIpc) is 2.92. The zero-order chi connectivity index (χ0) is 15.7. The Kier molecular flexibility index (Phi) is 3.44. The molecule has 0 radical (unpaired) electrons. The van der Waals surface area contributed by atoms with Crippen molar-refractivity contribution in [3.63, 3.8) is 0 Å². The van der Waals surface area contributed by atoms with Crippen LogP contribution >= 0.6 is 0 Å². The maximum Gasteiger partial charge on any atom is 0.294 e. The molecule has 7 heteroatoms. The van der Waals surface area contributed by atoms with Crippen LogP contribution in [0.3, 0.4) is 0 Å². The van der Waals surface area contributed by atoms with Crippen molar-refractivity contribution in [3.05, 3.63) is 71.1 Å². The zero-order valence-electron chi connectivity index (χ0n) is 11.3. The second kappa shape index (κ2) is 5.28. The summed E-state index contributed by atoms with van der Waals surface area (Å²) in [5, 5.41) is 2.84. The molecule has 0 atom stereocenters. The molecule has 0 unspecified atom stereocenters. The van der Waals surface area contributed by atoms with Crippen molar-refractivity contribution in [1.82, 2.24) is 9.78 Å². The number of nitrogens with one attached hydrogen (secondary N) is 1. The molecule has 0 amide bonds. The van der Waals surface area contributed by atoms with E-state index in [0.717, 1.165) is 11.1 Å². The molecule has 0 aliphatic carbocycles. The predicted octanol–water partition coefficient (Wildman–Crippen LogP) is 2.08. The van der Waals surface area contributed by atoms with Gasteiger partial charge in [-0.05, 0) is 23.8 Å². The van der Waals surface area contributed by atoms with E-state index < -0.39 is 10.1 Å². The van der Waals surface area contributed by atoms with E-state index in [-0.39, 0.29) is 10.5 Å². The molecule has 0 fully saturated rings. The van der Waals surface area contributed by atoms with Gasteiger partial charge in [0.1, 0.15) is 0 Å². The molecule has 1 heterocycles. The van der Waals surface area contributed by atoms with Crippen LogP contribution in [0.1, 0.15) is 0 Å². The van der Waals surface area contributed by atoms with Crippen LogP contribution in [0.5, 0.6) is 0 Å². The number of nitrogens with zero attached hydrogens (tertiary/aromatic N) is 1. The van der Waals surface area contributed by atoms with E-state index in [2.05, 4.69) is 5.10 Å². The maximum absolute atomic E-state index is 11.8. The van der Waals surface area contributed by atoms with E-state index in [9.17, 15) is 13.2 Å². The highest BCUT2D eigenvalue weighted by Gasteiger charge is 2.12. The summed E-state index contributed by atoms with van der Waals surface area (Å²) in [4.78, 5) is 11.6. The molecule has 0 aliphatic heterocycles. The Hall–Kier alpha value is -2.64. The number of benzene rings is 2. The molecule has 0 aliphatic rings. The second-order valence-electron chi connectivity index (χ2n) is 4.65. The van der Waals surface area contributed by atoms with Gasteiger partial charge in [0.25, 0.3) is 15.7 Å². The minimum Gasteiger partial charge on any atom is -0.298 e. The molecule has 3 rings (SSSR count). The van der Waals surface area contributed by atoms with E-state index in [0.29, 0.717) is 5.69 Å². The van der Waals surface area contributed by atoms with Gasteiger partial charge in [0.15, 0.2) is 0 Å². The number of hydrogen-bond donors (Lipinski definition) is 2. The van der Waals surface area contributed by atoms with Gasteiger partial charge in [0.2, 0.25) is 0 Å². The molecule has 0 spiro atoms. The highest BCUT2D eigenvalue weighted by atomic mass is 32.2. The second-order valence-corrected chi connectivity index (χ2v) is 6.07. The first kappa shape index (κ1) is 14.3. The van der Waals surface area contributed by atoms with Gasteiger partial charge in [-0.15, -0.1) is 0 Å². The fourth-order valence-electron chi connectivity index (χ4n) is 2.23. The van der Waals surface area contributed by atoms with Crippen LogP contribution in [0.25, 0.3) is 16.8 Å². The van der Waals surface area contributed by atoms with Crippen LogP contribution in [0.15, 0.2) is 70.5 Å². The summed E-state index contributed by atoms with van der Waals surface area (Å²) in [6.45, 7) is 0. The molecule has 112 valence electrons. The van der Waals surface area contributed by atoms with E-state index >= 15 is 0 Å². The first-order valence-electron chi connectivity index (χ1n) is 6.40. The van der Waals surface area contributed by atoms with Crippen molar-refractivity contribution in [1.29, 1.82) is 0 Å². The SMILES string of the molecule is O=c1cc[nH]n1-c1ccccc1-c1ccc(S(=O)(=O)O)cc1. The Bertz CT molecular complexity index is 969. The number of hydrogen-bond acceptors (Lipinski definition) is 3. The average molecular weight is 316 g/mol. The van der Waals surface area contributed by atoms with Crippen LogP contribution in [0, 0.1) is 0 Å². The smallest absolute Gasteiger partial charge is 0.294 e. The number of para-hydroxylation sites is 1. The molecule has 3 aromatic rings. The molecule has 6 nitrogen and oxygen atoms in total. The molecule has 22 heavy (non-hydrogen) atoms. The summed E-state index contributed by atoms with van der Waals surface area (Å²) in [5.41, 5.74) is 1.94. The predicted molar refractivity (Wildman–Crippen MR) is 81.6 cm³/mol. The summed E-state index contributed by atoms with van der Waals surface area (Å²) in [6, 6.07) is 14.4. The molecular weight excluding hydrogens is 304 g/mol. The van der Waals surface area contributed by atoms with Crippen molar-refractivity contribution < 1.29 is 13.0 Å². The van der Waals surface area contributed by atoms with Gasteiger partial charge in [-0.3, -0.25) is 14.4 Å². The van der Waals surface area contributed by atoms with Crippen molar-refractivity contribution in [2.24, 2.45) is 0 Å². The molecule has 2 aromatic carbocycles. The standard InChI is InChI=1S/C15H12N2O4S/c18-15-9-10-16-17(15)14-4-2-1-3-13(14)11-5-7-12(8-6-11)22(19,20)21/h1-10,16H,(H,19,20,21). The van der Waals surface area contributed by atoms with Gasteiger partial charge in [-0.2, -0.15) is 8.42 Å². The summed E-state index contributed by atoms with van der Waals surface area (Å²) in [6.07, 6.45) is 1.54. The van der Waals surface area contributed by atoms with Gasteiger partial charge in [-0.1, -0.05) is 30.3 Å². The topological polar surface area (TPSA) is 92.2 Å². The van der Waals surface area contributed by atoms with Gasteiger partial charge in [0.05, 0.1) is 10.6 Å². The van der Waals surface area contributed by atoms with Crippen LogP contribution in [0.2, 0.25) is 0 Å². The van der Waals surface area contributed by atoms with Crippen molar-refractivity contribution in [2.45, 2.75) is 4.90 Å². The number of aromatic amines is 1. The van der Waals surface area contributed by atoms with Crippen LogP contribution in [-0.2, 0) is 10.1 Å². The Labute approximate surface area is 126 Å². The maximum atomic E-state index is 11.8. The van der Waals surface area contributed by atoms with E-state index in [4.69, 9.17) is 4.55 Å². The Balaban J connectivity index is 2.14. The highest BCUT2D eigenvalue weighted by molar-refractivity contribution is 7.85. The molecule has 2 N–H and O–H groups in total. The highest BCUT2D eigenvalue weighted by Crippen LogP contribution is 2.26. The summed E-state index contributed by atoms with van der Waals surface area (Å²) >= 11 is 0. The van der Waals surface area contributed by atoms with E-state index in [1.54, 1.807) is 30.5 Å². The van der Waals surface area contributed by atoms with Crippen molar-refractivity contribution in [3.8, 4) is 16.8 Å². The van der Waals surface area contributed by atoms with Crippen LogP contribution in [0.4, 0.5) is 0 Å². The monoisotopic (exact) mass is 316 g/mol. The third-order valence-electron chi connectivity index (χ3n) is 3.26. The van der Waals surface area contributed by atoms with Gasteiger partial charge in [-0.25, -0.2) is 4.68 Å². The first-order chi connectivity index (χ1) is 10.5. The third kappa shape index (κ3) is 2.59. The van der Waals surface area contributed by atoms with Gasteiger partial charge < -0.3 is 0 Å². The largest absolute Gasteiger partial charge is 0.298 e. The quantitative estimate of drug-likeness (QED) is 0.724. The Morgan fingerprint density at radius 2 is 1.64 bits per heavy atom. The van der Waals surface area contributed by atoms with E-state index in [1.807, 2.05) is 12.1 Å². The zero-order valence-corrected chi connectivity index (χ0v) is 12.1. The number of H-pyrrole nitrogens is 1. The lowest BCUT2D eigenvalue weighted by Gasteiger charge is -2.10. The van der Waals surface area contributed by atoms with Crippen molar-refractivity contribution in [2.75, 3.05) is 0 Å². The van der Waals surface area contributed by atoms with E-state index in [1.165, 1.54) is 22.9 Å². The van der Waals surface area contributed by atoms with Crippen LogP contribution in [-0.4, -0.2) is 22.8 Å². The molecule has 0 bridgehead atoms. The normalized spacial score (nSPS) is 11.5. The Morgan fingerprint density at radius 1 is 0.955 bits per heavy atom. The number of aromatic nitrogens is 2. The fraction of sp³-hybridized carbons (Fsp3) is 0. The van der Waals surface area contributed by atoms with Crippen LogP contribution < -0.4 is 5.56 Å². The Morgan fingerprint density at radius 3 is 2.23 bits per heavy atom. The number of rotatable bonds is 3. The minimum absolute atomic E-state index is 0.175. The van der Waals surface area contributed by atoms with Gasteiger partial charge in [0, 0.05) is 17.8 Å². The van der Waals surface area contributed by atoms with Crippen molar-refractivity contribution >= 4 is 10.1 Å². The fourth-order valence-corrected chi connectivity index (χ4v) is 2.71. The summed E-state index contributed by atoms with van der Waals surface area (Å²) in [5.74, 6) is 0. The lowest BCUT2D eigenvalue weighted by atomic mass is 10.0. The lowest BCUT2D eigenvalue weighted by molar-refractivity contribution is 0.483. The summed E-state index contributed by atoms with van der Waals surface area (Å²) in [7, 11) is -4.22.